The van der Waals surface area contributed by atoms with E-state index in [2.05, 4.69) is 43.0 Å². The Morgan fingerprint density at radius 2 is 1.95 bits per heavy atom. The number of benzene rings is 1. The van der Waals surface area contributed by atoms with Gasteiger partial charge in [-0.25, -0.2) is 14.8 Å². The van der Waals surface area contributed by atoms with Crippen LogP contribution in [0, 0.1) is 0 Å². The molecular weight excluding hydrogens is 548 g/mol. The molecule has 1 aromatic heterocycles. The molecular formula is C28H33BrN6O3. The van der Waals surface area contributed by atoms with E-state index in [-0.39, 0.29) is 12.2 Å². The molecule has 1 aliphatic carbocycles. The summed E-state index contributed by atoms with van der Waals surface area (Å²) in [7, 11) is 0. The first-order chi connectivity index (χ1) is 18.1. The molecule has 1 aliphatic heterocycles. The highest BCUT2D eigenvalue weighted by Gasteiger charge is 2.29. The minimum Gasteiger partial charge on any atom is -0.489 e. The van der Waals surface area contributed by atoms with Crippen molar-refractivity contribution in [3.8, 4) is 11.4 Å². The van der Waals surface area contributed by atoms with E-state index in [0.29, 0.717) is 30.5 Å². The first-order valence-electron chi connectivity index (χ1n) is 12.5. The number of hydrogen-bond acceptors (Lipinski definition) is 7. The molecule has 200 valence electrons. The SMILES string of the molecule is C=C(/N=C1/C=C(OC2CCN(C(=O)OC(C)(C)C)CC2)C(Br)=C/C1=C/C)Nc1ccc(-c2ncn[nH]2)cc1. The Morgan fingerprint density at radius 3 is 2.55 bits per heavy atom. The molecule has 1 amide bonds. The maximum absolute atomic E-state index is 12.4. The number of H-pyrrole nitrogens is 1. The zero-order chi connectivity index (χ0) is 27.3. The Bertz CT molecular complexity index is 1280. The Hall–Kier alpha value is -3.66. The highest BCUT2D eigenvalue weighted by Crippen LogP contribution is 2.30. The van der Waals surface area contributed by atoms with Gasteiger partial charge >= 0.3 is 6.09 Å². The number of allylic oxidation sites excluding steroid dienone is 5. The molecule has 2 heterocycles. The summed E-state index contributed by atoms with van der Waals surface area (Å²) in [6, 6.07) is 7.76. The molecule has 1 aromatic carbocycles. The van der Waals surface area contributed by atoms with Crippen LogP contribution in [0.25, 0.3) is 11.4 Å². The largest absolute Gasteiger partial charge is 0.489 e. The van der Waals surface area contributed by atoms with E-state index < -0.39 is 5.60 Å². The van der Waals surface area contributed by atoms with Gasteiger partial charge in [0.25, 0.3) is 0 Å². The van der Waals surface area contributed by atoms with Crippen LogP contribution in [-0.4, -0.2) is 56.7 Å². The fourth-order valence-corrected chi connectivity index (χ4v) is 4.49. The first-order valence-corrected chi connectivity index (χ1v) is 13.3. The number of carbonyl (C=O) groups is 1. The van der Waals surface area contributed by atoms with E-state index in [4.69, 9.17) is 14.5 Å². The molecule has 0 spiro atoms. The minimum atomic E-state index is -0.507. The normalized spacial score (nSPS) is 18.7. The lowest BCUT2D eigenvalue weighted by atomic mass is 10.0. The summed E-state index contributed by atoms with van der Waals surface area (Å²) < 4.78 is 12.7. The fourth-order valence-electron chi connectivity index (χ4n) is 4.03. The number of halogens is 1. The first kappa shape index (κ1) is 27.4. The third-order valence-electron chi connectivity index (χ3n) is 5.90. The van der Waals surface area contributed by atoms with E-state index in [9.17, 15) is 4.79 Å². The second-order valence-corrected chi connectivity index (χ2v) is 10.9. The van der Waals surface area contributed by atoms with Crippen LogP contribution in [0.3, 0.4) is 0 Å². The quantitative estimate of drug-likeness (QED) is 0.413. The number of aromatic nitrogens is 3. The smallest absolute Gasteiger partial charge is 0.410 e. The van der Waals surface area contributed by atoms with Crippen molar-refractivity contribution in [3.63, 3.8) is 0 Å². The minimum absolute atomic E-state index is 0.0153. The van der Waals surface area contributed by atoms with Gasteiger partial charge in [0.2, 0.25) is 0 Å². The highest BCUT2D eigenvalue weighted by atomic mass is 79.9. The molecule has 38 heavy (non-hydrogen) atoms. The molecule has 0 radical (unpaired) electrons. The summed E-state index contributed by atoms with van der Waals surface area (Å²) in [6.45, 7) is 12.9. The number of anilines is 1. The molecule has 4 rings (SSSR count). The molecule has 0 atom stereocenters. The summed E-state index contributed by atoms with van der Waals surface area (Å²) in [4.78, 5) is 23.0. The number of aromatic amines is 1. The zero-order valence-electron chi connectivity index (χ0n) is 22.1. The Labute approximate surface area is 231 Å². The van der Waals surface area contributed by atoms with Crippen LogP contribution in [0.4, 0.5) is 10.5 Å². The monoisotopic (exact) mass is 580 g/mol. The second-order valence-electron chi connectivity index (χ2n) is 10.0. The average Bonchev–Trinajstić information content (AvgIpc) is 3.41. The summed E-state index contributed by atoms with van der Waals surface area (Å²) in [5.41, 5.74) is 2.98. The van der Waals surface area contributed by atoms with Crippen LogP contribution in [0.1, 0.15) is 40.5 Å². The van der Waals surface area contributed by atoms with Gasteiger partial charge in [0.15, 0.2) is 5.82 Å². The number of ether oxygens (including phenoxy) is 2. The summed E-state index contributed by atoms with van der Waals surface area (Å²) in [6.07, 6.45) is 8.53. The van der Waals surface area contributed by atoms with E-state index in [1.54, 1.807) is 4.90 Å². The lowest BCUT2D eigenvalue weighted by Crippen LogP contribution is -2.43. The topological polar surface area (TPSA) is 105 Å². The number of aliphatic imine (C=N–C) groups is 1. The molecule has 10 heteroatoms. The maximum atomic E-state index is 12.4. The maximum Gasteiger partial charge on any atom is 0.410 e. The lowest BCUT2D eigenvalue weighted by molar-refractivity contribution is 0.00549. The highest BCUT2D eigenvalue weighted by molar-refractivity contribution is 9.12. The number of rotatable bonds is 6. The van der Waals surface area contributed by atoms with E-state index in [1.807, 2.05) is 70.2 Å². The fraction of sp³-hybridized carbons (Fsp3) is 0.357. The van der Waals surface area contributed by atoms with Crippen molar-refractivity contribution < 1.29 is 14.3 Å². The summed E-state index contributed by atoms with van der Waals surface area (Å²) in [5, 5.41) is 9.98. The second kappa shape index (κ2) is 11.8. The Kier molecular flexibility index (Phi) is 8.51. The molecule has 1 saturated heterocycles. The van der Waals surface area contributed by atoms with Gasteiger partial charge in [0, 0.05) is 43.3 Å². The van der Waals surface area contributed by atoms with Crippen LogP contribution in [-0.2, 0) is 9.47 Å². The van der Waals surface area contributed by atoms with Gasteiger partial charge in [-0.05, 0) is 79.5 Å². The Morgan fingerprint density at radius 1 is 1.24 bits per heavy atom. The average molecular weight is 582 g/mol. The van der Waals surface area contributed by atoms with Crippen LogP contribution in [0.5, 0.6) is 0 Å². The van der Waals surface area contributed by atoms with Crippen molar-refractivity contribution in [3.05, 3.63) is 77.0 Å². The molecule has 2 aliphatic rings. The van der Waals surface area contributed by atoms with Gasteiger partial charge in [-0.1, -0.05) is 12.7 Å². The number of nitrogens with one attached hydrogen (secondary N) is 2. The third kappa shape index (κ3) is 7.22. The van der Waals surface area contributed by atoms with Gasteiger partial charge in [0.05, 0.1) is 10.2 Å². The van der Waals surface area contributed by atoms with Crippen molar-refractivity contribution in [2.75, 3.05) is 18.4 Å². The number of likely N-dealkylation sites (tertiary alicyclic amines) is 1. The number of carbonyl (C=O) groups excluding carboxylic acids is 1. The molecule has 0 bridgehead atoms. The van der Waals surface area contributed by atoms with Crippen LogP contribution in [0.15, 0.2) is 82.0 Å². The lowest BCUT2D eigenvalue weighted by Gasteiger charge is -2.34. The molecule has 2 aromatic rings. The summed E-state index contributed by atoms with van der Waals surface area (Å²) in [5.74, 6) is 1.91. The van der Waals surface area contributed by atoms with Gasteiger partial charge < -0.3 is 19.7 Å². The van der Waals surface area contributed by atoms with Crippen molar-refractivity contribution in [1.82, 2.24) is 20.1 Å². The molecule has 0 saturated carbocycles. The zero-order valence-corrected chi connectivity index (χ0v) is 23.7. The number of amides is 1. The van der Waals surface area contributed by atoms with Crippen LogP contribution in [0.2, 0.25) is 0 Å². The van der Waals surface area contributed by atoms with Gasteiger partial charge in [-0.2, -0.15) is 5.10 Å². The van der Waals surface area contributed by atoms with Gasteiger partial charge in [0.1, 0.15) is 29.6 Å². The third-order valence-corrected chi connectivity index (χ3v) is 6.52. The van der Waals surface area contributed by atoms with E-state index in [1.165, 1.54) is 6.33 Å². The van der Waals surface area contributed by atoms with Crippen LogP contribution < -0.4 is 5.32 Å². The predicted molar refractivity (Wildman–Crippen MR) is 153 cm³/mol. The molecule has 0 unspecified atom stereocenters. The van der Waals surface area contributed by atoms with E-state index >= 15 is 0 Å². The Balaban J connectivity index is 1.39. The molecule has 9 nitrogen and oxygen atoms in total. The number of nitrogens with zero attached hydrogens (tertiary/aromatic N) is 4. The van der Waals surface area contributed by atoms with Crippen molar-refractivity contribution >= 4 is 33.4 Å². The van der Waals surface area contributed by atoms with Crippen LogP contribution >= 0.6 is 15.9 Å². The predicted octanol–water partition coefficient (Wildman–Crippen LogP) is 6.33. The summed E-state index contributed by atoms with van der Waals surface area (Å²) >= 11 is 3.64. The number of piperidine rings is 1. The standard InChI is InChI=1S/C28H33BrN6O3/c1-6-19-15-23(29)25(37-22-11-13-35(14-12-22)27(36)38-28(3,4)5)16-24(19)33-18(2)32-21-9-7-20(8-10-21)26-30-17-31-34-26/h6-10,15-17,22,32H,2,11-14H2,1,3-5H3,(H,30,31,34)/b19-6-,33-24-. The van der Waals surface area contributed by atoms with Crippen molar-refractivity contribution in [2.24, 2.45) is 4.99 Å². The van der Waals surface area contributed by atoms with Crippen molar-refractivity contribution in [2.45, 2.75) is 52.2 Å². The molecule has 1 fully saturated rings. The van der Waals surface area contributed by atoms with Gasteiger partial charge in [-0.15, -0.1) is 0 Å². The molecule has 2 N–H and O–H groups in total. The van der Waals surface area contributed by atoms with Gasteiger partial charge in [-0.3, -0.25) is 5.10 Å². The van der Waals surface area contributed by atoms with Crippen molar-refractivity contribution in [1.29, 1.82) is 0 Å². The van der Waals surface area contributed by atoms with E-state index in [0.717, 1.165) is 39.9 Å². The number of hydrogen-bond donors (Lipinski definition) is 2.